The molecule has 0 unspecified atom stereocenters. The number of aromatic nitrogens is 6. The standard InChI is InChI=1S/C18H15N7O2/c26-17(23-27)8-5-11-1-3-12(4-2-11)9-16-19-14-7-6-13(10-15(14)20-16)18-21-24-25-22-18/h1-8,10,27H,9H2,(H,19,20)(H,23,26)(H,21,22,24,25). The highest BCUT2D eigenvalue weighted by molar-refractivity contribution is 5.90. The van der Waals surface area contributed by atoms with Gasteiger partial charge in [-0.3, -0.25) is 10.0 Å². The lowest BCUT2D eigenvalue weighted by Gasteiger charge is -1.99. The van der Waals surface area contributed by atoms with Crippen LogP contribution in [0, 0.1) is 0 Å². The summed E-state index contributed by atoms with van der Waals surface area (Å²) in [5.74, 6) is 0.811. The van der Waals surface area contributed by atoms with Gasteiger partial charge in [-0.25, -0.2) is 10.5 Å². The Morgan fingerprint density at radius 2 is 2.04 bits per heavy atom. The Morgan fingerprint density at radius 3 is 2.78 bits per heavy atom. The van der Waals surface area contributed by atoms with Crippen molar-refractivity contribution in [1.29, 1.82) is 0 Å². The van der Waals surface area contributed by atoms with E-state index < -0.39 is 5.91 Å². The zero-order chi connectivity index (χ0) is 18.6. The number of tetrazole rings is 1. The van der Waals surface area contributed by atoms with Crippen molar-refractivity contribution in [2.45, 2.75) is 6.42 Å². The Morgan fingerprint density at radius 1 is 1.19 bits per heavy atom. The highest BCUT2D eigenvalue weighted by atomic mass is 16.5. The van der Waals surface area contributed by atoms with Crippen molar-refractivity contribution in [1.82, 2.24) is 36.1 Å². The van der Waals surface area contributed by atoms with Crippen LogP contribution >= 0.6 is 0 Å². The normalized spacial score (nSPS) is 11.3. The van der Waals surface area contributed by atoms with E-state index in [1.165, 1.54) is 6.08 Å². The van der Waals surface area contributed by atoms with Crippen molar-refractivity contribution < 1.29 is 10.0 Å². The molecule has 4 rings (SSSR count). The van der Waals surface area contributed by atoms with Crippen LogP contribution in [-0.4, -0.2) is 41.7 Å². The molecule has 1 amide bonds. The number of hydrogen-bond acceptors (Lipinski definition) is 6. The average molecular weight is 361 g/mol. The minimum absolute atomic E-state index is 0.534. The molecule has 0 aliphatic heterocycles. The number of nitrogens with one attached hydrogen (secondary N) is 3. The van der Waals surface area contributed by atoms with Crippen molar-refractivity contribution in [3.8, 4) is 11.4 Å². The second kappa shape index (κ2) is 7.18. The lowest BCUT2D eigenvalue weighted by molar-refractivity contribution is -0.124. The van der Waals surface area contributed by atoms with Gasteiger partial charge >= 0.3 is 0 Å². The quantitative estimate of drug-likeness (QED) is 0.244. The zero-order valence-electron chi connectivity index (χ0n) is 14.0. The number of imidazole rings is 1. The van der Waals surface area contributed by atoms with Crippen molar-refractivity contribution in [2.24, 2.45) is 0 Å². The number of carbonyl (C=O) groups excluding carboxylic acids is 1. The van der Waals surface area contributed by atoms with Crippen molar-refractivity contribution in [3.05, 3.63) is 65.5 Å². The average Bonchev–Trinajstić information content (AvgIpc) is 3.36. The first-order valence-electron chi connectivity index (χ1n) is 8.15. The van der Waals surface area contributed by atoms with Crippen molar-refractivity contribution in [3.63, 3.8) is 0 Å². The van der Waals surface area contributed by atoms with E-state index in [0.29, 0.717) is 12.2 Å². The Bertz CT molecular complexity index is 1100. The van der Waals surface area contributed by atoms with Crippen LogP contribution in [0.4, 0.5) is 0 Å². The molecule has 0 fully saturated rings. The van der Waals surface area contributed by atoms with Crippen LogP contribution in [0.25, 0.3) is 28.5 Å². The summed E-state index contributed by atoms with van der Waals surface area (Å²) in [5, 5.41) is 22.5. The summed E-state index contributed by atoms with van der Waals surface area (Å²) in [6.07, 6.45) is 3.53. The Balaban J connectivity index is 1.51. The largest absolute Gasteiger partial charge is 0.342 e. The highest BCUT2D eigenvalue weighted by Gasteiger charge is 2.08. The van der Waals surface area contributed by atoms with Crippen LogP contribution in [0.2, 0.25) is 0 Å². The van der Waals surface area contributed by atoms with Crippen molar-refractivity contribution in [2.75, 3.05) is 0 Å². The van der Waals surface area contributed by atoms with Gasteiger partial charge in [-0.05, 0) is 40.6 Å². The van der Waals surface area contributed by atoms with Crippen LogP contribution in [0.3, 0.4) is 0 Å². The van der Waals surface area contributed by atoms with E-state index in [4.69, 9.17) is 5.21 Å². The van der Waals surface area contributed by atoms with E-state index in [9.17, 15) is 4.79 Å². The number of fused-ring (bicyclic) bond motifs is 1. The van der Waals surface area contributed by atoms with E-state index in [1.807, 2.05) is 42.5 Å². The lowest BCUT2D eigenvalue weighted by atomic mass is 10.1. The second-order valence-corrected chi connectivity index (χ2v) is 5.88. The number of aromatic amines is 2. The molecular formula is C18H15N7O2. The number of benzene rings is 2. The summed E-state index contributed by atoms with van der Waals surface area (Å²) >= 11 is 0. The molecule has 2 aromatic carbocycles. The minimum Gasteiger partial charge on any atom is -0.342 e. The fourth-order valence-corrected chi connectivity index (χ4v) is 2.72. The first kappa shape index (κ1) is 16.6. The first-order chi connectivity index (χ1) is 13.2. The predicted molar refractivity (Wildman–Crippen MR) is 97.5 cm³/mol. The molecule has 0 bridgehead atoms. The van der Waals surface area contributed by atoms with Gasteiger partial charge in [-0.15, -0.1) is 10.2 Å². The molecule has 134 valence electrons. The fraction of sp³-hybridized carbons (Fsp3) is 0.0556. The van der Waals surface area contributed by atoms with Gasteiger partial charge in [0.05, 0.1) is 11.0 Å². The molecule has 0 saturated heterocycles. The first-order valence-corrected chi connectivity index (χ1v) is 8.15. The third-order valence-electron chi connectivity index (χ3n) is 4.02. The summed E-state index contributed by atoms with van der Waals surface area (Å²) in [6.45, 7) is 0. The maximum Gasteiger partial charge on any atom is 0.267 e. The van der Waals surface area contributed by atoms with Crippen LogP contribution in [-0.2, 0) is 11.2 Å². The maximum atomic E-state index is 11.0. The highest BCUT2D eigenvalue weighted by Crippen LogP contribution is 2.21. The molecule has 0 radical (unpaired) electrons. The van der Waals surface area contributed by atoms with E-state index in [-0.39, 0.29) is 0 Å². The molecule has 2 aromatic heterocycles. The van der Waals surface area contributed by atoms with Gasteiger partial charge < -0.3 is 4.98 Å². The summed E-state index contributed by atoms with van der Waals surface area (Å²) < 4.78 is 0. The molecule has 0 atom stereocenters. The topological polar surface area (TPSA) is 132 Å². The number of H-pyrrole nitrogens is 2. The molecule has 0 spiro atoms. The third-order valence-corrected chi connectivity index (χ3v) is 4.02. The lowest BCUT2D eigenvalue weighted by Crippen LogP contribution is -2.14. The predicted octanol–water partition coefficient (Wildman–Crippen LogP) is 1.85. The number of nitrogens with zero attached hydrogens (tertiary/aromatic N) is 4. The van der Waals surface area contributed by atoms with Crippen LogP contribution in [0.15, 0.2) is 48.5 Å². The number of carbonyl (C=O) groups is 1. The molecule has 0 aliphatic rings. The van der Waals surface area contributed by atoms with Gasteiger partial charge in [0.15, 0.2) is 0 Å². The summed E-state index contributed by atoms with van der Waals surface area (Å²) in [6, 6.07) is 13.5. The Labute approximate surface area is 153 Å². The zero-order valence-corrected chi connectivity index (χ0v) is 14.0. The monoisotopic (exact) mass is 361 g/mol. The van der Waals surface area contributed by atoms with Crippen LogP contribution in [0.5, 0.6) is 0 Å². The molecule has 4 N–H and O–H groups in total. The number of hydrogen-bond donors (Lipinski definition) is 4. The molecule has 0 saturated carbocycles. The van der Waals surface area contributed by atoms with E-state index in [0.717, 1.165) is 33.5 Å². The van der Waals surface area contributed by atoms with E-state index in [1.54, 1.807) is 11.6 Å². The van der Waals surface area contributed by atoms with Gasteiger partial charge in [0.1, 0.15) is 5.82 Å². The number of hydroxylamine groups is 1. The van der Waals surface area contributed by atoms with Crippen molar-refractivity contribution >= 4 is 23.0 Å². The summed E-state index contributed by atoms with van der Waals surface area (Å²) in [7, 11) is 0. The fourth-order valence-electron chi connectivity index (χ4n) is 2.72. The summed E-state index contributed by atoms with van der Waals surface area (Å²) in [5.41, 5.74) is 6.12. The van der Waals surface area contributed by atoms with Crippen LogP contribution < -0.4 is 5.48 Å². The smallest absolute Gasteiger partial charge is 0.267 e. The second-order valence-electron chi connectivity index (χ2n) is 5.88. The van der Waals surface area contributed by atoms with Gasteiger partial charge in [0.2, 0.25) is 5.82 Å². The van der Waals surface area contributed by atoms with E-state index >= 15 is 0 Å². The van der Waals surface area contributed by atoms with E-state index in [2.05, 4.69) is 30.6 Å². The molecule has 0 aliphatic carbocycles. The molecule has 2 heterocycles. The third kappa shape index (κ3) is 3.72. The molecule has 9 heteroatoms. The summed E-state index contributed by atoms with van der Waals surface area (Å²) in [4.78, 5) is 18.9. The molecular weight excluding hydrogens is 346 g/mol. The van der Waals surface area contributed by atoms with Gasteiger partial charge in [0.25, 0.3) is 5.91 Å². The van der Waals surface area contributed by atoms with Gasteiger partial charge in [-0.1, -0.05) is 24.3 Å². The Hall–Kier alpha value is -3.85. The minimum atomic E-state index is -0.568. The van der Waals surface area contributed by atoms with Gasteiger partial charge in [0, 0.05) is 18.1 Å². The SMILES string of the molecule is O=C(C=Cc1ccc(Cc2nc3ccc(-c4nn[nH]n4)cc3[nH]2)cc1)NO. The molecule has 4 aromatic rings. The Kier molecular flexibility index (Phi) is 4.42. The van der Waals surface area contributed by atoms with Gasteiger partial charge in [-0.2, -0.15) is 5.21 Å². The number of amides is 1. The molecule has 9 nitrogen and oxygen atoms in total. The van der Waals surface area contributed by atoms with Crippen LogP contribution in [0.1, 0.15) is 17.0 Å². The maximum absolute atomic E-state index is 11.0. The molecule has 27 heavy (non-hydrogen) atoms. The number of rotatable bonds is 5.